The van der Waals surface area contributed by atoms with Gasteiger partial charge >= 0.3 is 0 Å². The molecule has 16 heavy (non-hydrogen) atoms. The maximum absolute atomic E-state index is 12.1. The molecular weight excluding hydrogens is 200 g/mol. The largest absolute Gasteiger partial charge is 0.340 e. The fourth-order valence-corrected chi connectivity index (χ4v) is 2.70. The molecule has 0 aromatic rings. The fourth-order valence-electron chi connectivity index (χ4n) is 2.70. The Labute approximate surface area is 98.4 Å². The Bertz CT molecular complexity index is 263. The molecule has 1 aliphatic heterocycles. The number of rotatable bonds is 3. The molecule has 0 spiro atoms. The molecule has 2 rings (SSSR count). The summed E-state index contributed by atoms with van der Waals surface area (Å²) < 4.78 is 0. The van der Waals surface area contributed by atoms with E-state index < -0.39 is 0 Å². The van der Waals surface area contributed by atoms with Gasteiger partial charge in [-0.25, -0.2) is 0 Å². The van der Waals surface area contributed by atoms with Crippen molar-refractivity contribution in [3.05, 3.63) is 0 Å². The van der Waals surface area contributed by atoms with Crippen molar-refractivity contribution in [2.24, 2.45) is 17.6 Å². The Balaban J connectivity index is 1.87. The second-order valence-electron chi connectivity index (χ2n) is 5.65. The summed E-state index contributed by atoms with van der Waals surface area (Å²) in [6.45, 7) is 5.34. The lowest BCUT2D eigenvalue weighted by atomic mass is 9.91. The van der Waals surface area contributed by atoms with Crippen molar-refractivity contribution in [1.29, 1.82) is 0 Å². The topological polar surface area (TPSA) is 46.3 Å². The Morgan fingerprint density at radius 3 is 2.69 bits per heavy atom. The van der Waals surface area contributed by atoms with Crippen LogP contribution in [0, 0.1) is 11.8 Å². The van der Waals surface area contributed by atoms with Gasteiger partial charge in [-0.2, -0.15) is 0 Å². The van der Waals surface area contributed by atoms with Crippen LogP contribution in [0.25, 0.3) is 0 Å². The van der Waals surface area contributed by atoms with Crippen LogP contribution in [-0.2, 0) is 4.79 Å². The minimum Gasteiger partial charge on any atom is -0.340 e. The van der Waals surface area contributed by atoms with Crippen LogP contribution in [0.15, 0.2) is 0 Å². The number of carbonyl (C=O) groups is 1. The summed E-state index contributed by atoms with van der Waals surface area (Å²) in [6.07, 6.45) is 5.40. The summed E-state index contributed by atoms with van der Waals surface area (Å²) in [4.78, 5) is 14.2. The highest BCUT2D eigenvalue weighted by Gasteiger charge is 2.33. The van der Waals surface area contributed by atoms with Gasteiger partial charge in [0.2, 0.25) is 5.91 Å². The van der Waals surface area contributed by atoms with E-state index in [0.717, 1.165) is 13.0 Å². The molecule has 0 radical (unpaired) electrons. The Hall–Kier alpha value is -0.570. The van der Waals surface area contributed by atoms with Gasteiger partial charge in [0.25, 0.3) is 0 Å². The molecule has 3 atom stereocenters. The smallest absolute Gasteiger partial charge is 0.224 e. The third kappa shape index (κ3) is 2.57. The van der Waals surface area contributed by atoms with E-state index in [1.807, 2.05) is 0 Å². The van der Waals surface area contributed by atoms with E-state index in [9.17, 15) is 4.79 Å². The molecule has 92 valence electrons. The lowest BCUT2D eigenvalue weighted by molar-refractivity contribution is -0.136. The molecule has 3 heteroatoms. The third-order valence-corrected chi connectivity index (χ3v) is 4.33. The molecule has 0 aromatic heterocycles. The quantitative estimate of drug-likeness (QED) is 0.794. The van der Waals surface area contributed by atoms with Gasteiger partial charge in [0.05, 0.1) is 0 Å². The molecule has 1 saturated heterocycles. The van der Waals surface area contributed by atoms with Gasteiger partial charge in [-0.3, -0.25) is 4.79 Å². The zero-order valence-electron chi connectivity index (χ0n) is 10.5. The molecule has 2 N–H and O–H groups in total. The first kappa shape index (κ1) is 11.9. The number of piperidine rings is 1. The summed E-state index contributed by atoms with van der Waals surface area (Å²) in [5.41, 5.74) is 6.02. The van der Waals surface area contributed by atoms with Crippen molar-refractivity contribution in [2.75, 3.05) is 6.54 Å². The number of carbonyl (C=O) groups excluding carboxylic acids is 1. The van der Waals surface area contributed by atoms with Gasteiger partial charge in [-0.05, 0) is 44.4 Å². The first-order valence-electron chi connectivity index (χ1n) is 6.64. The Morgan fingerprint density at radius 2 is 2.06 bits per heavy atom. The predicted molar refractivity (Wildman–Crippen MR) is 64.9 cm³/mol. The van der Waals surface area contributed by atoms with Crippen LogP contribution in [0.2, 0.25) is 0 Å². The number of nitrogens with zero attached hydrogens (tertiary/aromatic N) is 1. The molecule has 1 aliphatic carbocycles. The first-order valence-corrected chi connectivity index (χ1v) is 6.64. The van der Waals surface area contributed by atoms with Crippen LogP contribution in [0.3, 0.4) is 0 Å². The van der Waals surface area contributed by atoms with Gasteiger partial charge in [0.1, 0.15) is 0 Å². The van der Waals surface area contributed by atoms with E-state index in [4.69, 9.17) is 5.73 Å². The number of hydrogen-bond donors (Lipinski definition) is 1. The average molecular weight is 224 g/mol. The predicted octanol–water partition coefficient (Wildman–Crippen LogP) is 1.76. The van der Waals surface area contributed by atoms with Gasteiger partial charge in [0.15, 0.2) is 0 Å². The molecule has 1 amide bonds. The summed E-state index contributed by atoms with van der Waals surface area (Å²) in [7, 11) is 0. The number of nitrogens with two attached hydrogens (primary N) is 1. The summed E-state index contributed by atoms with van der Waals surface area (Å²) >= 11 is 0. The number of likely N-dealkylation sites (tertiary alicyclic amines) is 1. The van der Waals surface area contributed by atoms with Crippen LogP contribution in [0.4, 0.5) is 0 Å². The van der Waals surface area contributed by atoms with Gasteiger partial charge in [0, 0.05) is 25.0 Å². The van der Waals surface area contributed by atoms with Crippen molar-refractivity contribution < 1.29 is 4.79 Å². The monoisotopic (exact) mass is 224 g/mol. The van der Waals surface area contributed by atoms with Crippen LogP contribution >= 0.6 is 0 Å². The minimum absolute atomic E-state index is 0.108. The van der Waals surface area contributed by atoms with Crippen LogP contribution in [0.5, 0.6) is 0 Å². The van der Waals surface area contributed by atoms with Gasteiger partial charge in [-0.1, -0.05) is 6.92 Å². The Morgan fingerprint density at radius 1 is 1.38 bits per heavy atom. The molecule has 0 aromatic carbocycles. The summed E-state index contributed by atoms with van der Waals surface area (Å²) in [6, 6.07) is 0.504. The maximum atomic E-state index is 12.1. The molecule has 2 aliphatic rings. The van der Waals surface area contributed by atoms with E-state index in [1.54, 1.807) is 0 Å². The molecular formula is C13H24N2O. The lowest BCUT2D eigenvalue weighted by Gasteiger charge is -2.38. The average Bonchev–Trinajstić information content (AvgIpc) is 3.05. The van der Waals surface area contributed by atoms with Crippen LogP contribution < -0.4 is 5.73 Å². The Kier molecular flexibility index (Phi) is 3.53. The lowest BCUT2D eigenvalue weighted by Crippen LogP contribution is -2.47. The van der Waals surface area contributed by atoms with E-state index in [2.05, 4.69) is 18.7 Å². The number of amides is 1. The fraction of sp³-hybridized carbons (Fsp3) is 0.923. The van der Waals surface area contributed by atoms with Crippen molar-refractivity contribution in [3.8, 4) is 0 Å². The van der Waals surface area contributed by atoms with E-state index >= 15 is 0 Å². The standard InChI is InChI=1S/C13H24N2O/c1-9-4-3-7-15(10(9)2)13(16)8-12(14)11-5-6-11/h9-12H,3-8,14H2,1-2H3. The molecule has 3 unspecified atom stereocenters. The van der Waals surface area contributed by atoms with E-state index in [-0.39, 0.29) is 11.9 Å². The highest BCUT2D eigenvalue weighted by Crippen LogP contribution is 2.33. The molecule has 1 heterocycles. The highest BCUT2D eigenvalue weighted by molar-refractivity contribution is 5.77. The van der Waals surface area contributed by atoms with E-state index in [1.165, 1.54) is 19.3 Å². The van der Waals surface area contributed by atoms with Crippen molar-refractivity contribution in [2.45, 2.75) is 58.0 Å². The van der Waals surface area contributed by atoms with Crippen LogP contribution in [-0.4, -0.2) is 29.4 Å². The maximum Gasteiger partial charge on any atom is 0.224 e. The number of hydrogen-bond acceptors (Lipinski definition) is 2. The first-order chi connectivity index (χ1) is 7.59. The third-order valence-electron chi connectivity index (χ3n) is 4.33. The normalized spacial score (nSPS) is 32.6. The van der Waals surface area contributed by atoms with Crippen molar-refractivity contribution in [1.82, 2.24) is 4.90 Å². The second-order valence-corrected chi connectivity index (χ2v) is 5.65. The van der Waals surface area contributed by atoms with Crippen molar-refractivity contribution >= 4 is 5.91 Å². The summed E-state index contributed by atoms with van der Waals surface area (Å²) in [5.74, 6) is 1.54. The van der Waals surface area contributed by atoms with Gasteiger partial charge in [-0.15, -0.1) is 0 Å². The molecule has 0 bridgehead atoms. The molecule has 2 fully saturated rings. The second kappa shape index (κ2) is 4.74. The van der Waals surface area contributed by atoms with E-state index in [0.29, 0.717) is 24.3 Å². The zero-order valence-corrected chi connectivity index (χ0v) is 10.5. The van der Waals surface area contributed by atoms with Gasteiger partial charge < -0.3 is 10.6 Å². The highest BCUT2D eigenvalue weighted by atomic mass is 16.2. The summed E-state index contributed by atoms with van der Waals surface area (Å²) in [5, 5.41) is 0. The molecule has 3 nitrogen and oxygen atoms in total. The van der Waals surface area contributed by atoms with Crippen molar-refractivity contribution in [3.63, 3.8) is 0 Å². The zero-order chi connectivity index (χ0) is 11.7. The SMILES string of the molecule is CC1CCCN(C(=O)CC(N)C2CC2)C1C. The minimum atomic E-state index is 0.108. The van der Waals surface area contributed by atoms with Crippen LogP contribution in [0.1, 0.15) is 46.0 Å². The molecule has 1 saturated carbocycles.